The molecule has 0 radical (unpaired) electrons. The first-order valence-corrected chi connectivity index (χ1v) is 10.3. The van der Waals surface area contributed by atoms with Crippen molar-refractivity contribution in [1.29, 1.82) is 0 Å². The van der Waals surface area contributed by atoms with Crippen molar-refractivity contribution < 1.29 is 14.7 Å². The lowest BCUT2D eigenvalue weighted by Crippen LogP contribution is -2.21. The van der Waals surface area contributed by atoms with Gasteiger partial charge in [-0.3, -0.25) is 4.79 Å². The van der Waals surface area contributed by atoms with Crippen molar-refractivity contribution in [3.8, 4) is 5.75 Å². The van der Waals surface area contributed by atoms with E-state index in [2.05, 4.69) is 12.1 Å². The number of benzene rings is 2. The number of carbonyl (C=O) groups is 1. The number of hydrogen-bond acceptors (Lipinski definition) is 6. The number of fused-ring (bicyclic) bond motifs is 2. The van der Waals surface area contributed by atoms with Gasteiger partial charge in [0.1, 0.15) is 5.75 Å². The van der Waals surface area contributed by atoms with Gasteiger partial charge in [-0.1, -0.05) is 55.1 Å². The second-order valence-electron chi connectivity index (χ2n) is 6.42. The maximum atomic E-state index is 12.9. The lowest BCUT2D eigenvalue weighted by atomic mass is 10.1. The lowest BCUT2D eigenvalue weighted by molar-refractivity contribution is -0.127. The summed E-state index contributed by atoms with van der Waals surface area (Å²) in [5, 5.41) is 13.5. The van der Waals surface area contributed by atoms with Crippen LogP contribution in [-0.4, -0.2) is 16.9 Å². The van der Waals surface area contributed by atoms with Crippen LogP contribution in [-0.2, 0) is 4.79 Å². The zero-order valence-electron chi connectivity index (χ0n) is 15.4. The zero-order valence-corrected chi connectivity index (χ0v) is 17.0. The van der Waals surface area contributed by atoms with Crippen LogP contribution < -0.4 is 10.2 Å². The predicted molar refractivity (Wildman–Crippen MR) is 114 cm³/mol. The van der Waals surface area contributed by atoms with Gasteiger partial charge in [0.15, 0.2) is 11.1 Å². The van der Waals surface area contributed by atoms with Gasteiger partial charge in [0, 0.05) is 16.5 Å². The van der Waals surface area contributed by atoms with E-state index in [4.69, 9.17) is 16.3 Å². The highest BCUT2D eigenvalue weighted by atomic mass is 35.5. The van der Waals surface area contributed by atoms with Crippen molar-refractivity contribution in [3.63, 3.8) is 0 Å². The quantitative estimate of drug-likeness (QED) is 0.101. The van der Waals surface area contributed by atoms with Gasteiger partial charge in [-0.15, -0.1) is 11.3 Å². The van der Waals surface area contributed by atoms with Crippen LogP contribution in [0.2, 0.25) is 5.02 Å². The summed E-state index contributed by atoms with van der Waals surface area (Å²) in [5.41, 5.74) is -0.241. The maximum Gasteiger partial charge on any atom is 0.361 e. The minimum absolute atomic E-state index is 0.0349. The molecule has 7 heteroatoms. The molecule has 3 rings (SSSR count). The van der Waals surface area contributed by atoms with E-state index in [0.29, 0.717) is 26.9 Å². The number of carbonyl (C=O) groups excluding carboxylic acids is 1. The van der Waals surface area contributed by atoms with Gasteiger partial charge in [-0.2, -0.15) is 0 Å². The first kappa shape index (κ1) is 20.3. The molecule has 0 unspecified atom stereocenters. The summed E-state index contributed by atoms with van der Waals surface area (Å²) in [7, 11) is 0. The van der Waals surface area contributed by atoms with Crippen LogP contribution in [0.3, 0.4) is 0 Å². The third kappa shape index (κ3) is 4.18. The van der Waals surface area contributed by atoms with Gasteiger partial charge < -0.3 is 9.94 Å². The van der Waals surface area contributed by atoms with Gasteiger partial charge in [0.05, 0.1) is 15.1 Å². The Labute approximate surface area is 171 Å². The second-order valence-corrected chi connectivity index (χ2v) is 7.88. The Morgan fingerprint density at radius 2 is 1.96 bits per heavy atom. The molecule has 0 amide bonds. The van der Waals surface area contributed by atoms with E-state index in [1.54, 1.807) is 18.2 Å². The molecular formula is C21H20ClNO4S. The zero-order chi connectivity index (χ0) is 20.1. The molecule has 0 aliphatic carbocycles. The van der Waals surface area contributed by atoms with Crippen molar-refractivity contribution in [2.24, 2.45) is 5.16 Å². The SMILES string of the molecule is CCCCCC/C(=N\O)C(=O)Oc1ccc(Cl)c2c(=O)c3ccccc3sc12. The molecule has 0 bridgehead atoms. The number of rotatable bonds is 7. The van der Waals surface area contributed by atoms with Crippen molar-refractivity contribution in [1.82, 2.24) is 0 Å². The van der Waals surface area contributed by atoms with Gasteiger partial charge in [-0.25, -0.2) is 4.79 Å². The number of ether oxygens (including phenoxy) is 1. The van der Waals surface area contributed by atoms with Gasteiger partial charge in [-0.05, 0) is 30.7 Å². The van der Waals surface area contributed by atoms with E-state index in [0.717, 1.165) is 30.4 Å². The molecule has 5 nitrogen and oxygen atoms in total. The fraction of sp³-hybridized carbons (Fsp3) is 0.286. The first-order valence-electron chi connectivity index (χ1n) is 9.14. The number of halogens is 1. The Morgan fingerprint density at radius 3 is 2.71 bits per heavy atom. The monoisotopic (exact) mass is 417 g/mol. The van der Waals surface area contributed by atoms with E-state index in [9.17, 15) is 14.8 Å². The van der Waals surface area contributed by atoms with Crippen LogP contribution in [0.5, 0.6) is 5.75 Å². The number of unbranched alkanes of at least 4 members (excludes halogenated alkanes) is 3. The summed E-state index contributed by atoms with van der Waals surface area (Å²) in [6, 6.07) is 10.3. The standard InChI is InChI=1S/C21H20ClNO4S/c1-2-3-4-5-9-15(23-26)21(25)27-16-12-11-14(22)18-19(24)13-8-6-7-10-17(13)28-20(16)18/h6-8,10-12,26H,2-5,9H2,1H3/b23-15+. The summed E-state index contributed by atoms with van der Waals surface area (Å²) >= 11 is 7.59. The molecule has 28 heavy (non-hydrogen) atoms. The van der Waals surface area contributed by atoms with Crippen molar-refractivity contribution in [2.45, 2.75) is 39.0 Å². The number of nitrogens with zero attached hydrogens (tertiary/aromatic N) is 1. The Balaban J connectivity index is 1.96. The minimum Gasteiger partial charge on any atom is -0.420 e. The van der Waals surface area contributed by atoms with Crippen LogP contribution in [0.25, 0.3) is 20.2 Å². The average molecular weight is 418 g/mol. The molecule has 2 aromatic carbocycles. The van der Waals surface area contributed by atoms with Gasteiger partial charge in [0.2, 0.25) is 0 Å². The molecule has 1 heterocycles. The summed E-state index contributed by atoms with van der Waals surface area (Å²) in [6.45, 7) is 2.09. The molecule has 3 aromatic rings. The van der Waals surface area contributed by atoms with Crippen LogP contribution in [0.4, 0.5) is 0 Å². The summed E-state index contributed by atoms with van der Waals surface area (Å²) < 4.78 is 6.75. The molecule has 0 saturated heterocycles. The number of oxime groups is 1. The van der Waals surface area contributed by atoms with Crippen molar-refractivity contribution in [3.05, 3.63) is 51.6 Å². The summed E-state index contributed by atoms with van der Waals surface area (Å²) in [6.07, 6.45) is 4.14. The lowest BCUT2D eigenvalue weighted by Gasteiger charge is -2.10. The molecule has 0 spiro atoms. The summed E-state index contributed by atoms with van der Waals surface area (Å²) in [4.78, 5) is 25.3. The smallest absolute Gasteiger partial charge is 0.361 e. The van der Waals surface area contributed by atoms with E-state index in [1.807, 2.05) is 12.1 Å². The number of esters is 1. The topological polar surface area (TPSA) is 76.0 Å². The van der Waals surface area contributed by atoms with Gasteiger partial charge >= 0.3 is 5.97 Å². The molecule has 1 aromatic heterocycles. The van der Waals surface area contributed by atoms with E-state index < -0.39 is 5.97 Å². The maximum absolute atomic E-state index is 12.9. The van der Waals surface area contributed by atoms with Crippen LogP contribution in [0.1, 0.15) is 39.0 Å². The highest BCUT2D eigenvalue weighted by Crippen LogP contribution is 2.35. The molecule has 0 atom stereocenters. The highest BCUT2D eigenvalue weighted by Gasteiger charge is 2.19. The predicted octanol–water partition coefficient (Wildman–Crippen LogP) is 5.77. The Bertz CT molecular complexity index is 1110. The molecule has 0 aliphatic rings. The molecular weight excluding hydrogens is 398 g/mol. The fourth-order valence-corrected chi connectivity index (χ4v) is 4.44. The Morgan fingerprint density at radius 1 is 1.18 bits per heavy atom. The normalized spacial score (nSPS) is 11.9. The highest BCUT2D eigenvalue weighted by molar-refractivity contribution is 7.25. The largest absolute Gasteiger partial charge is 0.420 e. The molecule has 0 aliphatic heterocycles. The summed E-state index contributed by atoms with van der Waals surface area (Å²) in [5.74, 6) is -0.498. The van der Waals surface area contributed by atoms with E-state index in [-0.39, 0.29) is 16.9 Å². The third-order valence-corrected chi connectivity index (χ3v) is 5.97. The third-order valence-electron chi connectivity index (χ3n) is 4.47. The molecule has 0 fully saturated rings. The van der Waals surface area contributed by atoms with E-state index >= 15 is 0 Å². The van der Waals surface area contributed by atoms with Crippen LogP contribution >= 0.6 is 22.9 Å². The molecule has 0 saturated carbocycles. The Hall–Kier alpha value is -2.44. The van der Waals surface area contributed by atoms with Crippen molar-refractivity contribution in [2.75, 3.05) is 0 Å². The van der Waals surface area contributed by atoms with Crippen LogP contribution in [0, 0.1) is 0 Å². The fourth-order valence-electron chi connectivity index (χ4n) is 2.99. The second kappa shape index (κ2) is 9.17. The Kier molecular flexibility index (Phi) is 6.65. The van der Waals surface area contributed by atoms with Gasteiger partial charge in [0.25, 0.3) is 0 Å². The number of hydrogen-bond donors (Lipinski definition) is 1. The molecule has 1 N–H and O–H groups in total. The van der Waals surface area contributed by atoms with Crippen molar-refractivity contribution >= 4 is 54.8 Å². The van der Waals surface area contributed by atoms with E-state index in [1.165, 1.54) is 17.4 Å². The molecule has 146 valence electrons. The van der Waals surface area contributed by atoms with Crippen LogP contribution in [0.15, 0.2) is 46.3 Å². The average Bonchev–Trinajstić information content (AvgIpc) is 2.70. The first-order chi connectivity index (χ1) is 13.6. The minimum atomic E-state index is -0.726.